The molecule has 0 aliphatic rings. The average molecular weight is 269 g/mol. The SMILES string of the molecule is CCNc1cccc(C(=O)NC(C)CS(C)=O)n1. The number of rotatable bonds is 6. The highest BCUT2D eigenvalue weighted by Gasteiger charge is 2.12. The fourth-order valence-corrected chi connectivity index (χ4v) is 2.32. The summed E-state index contributed by atoms with van der Waals surface area (Å²) in [5.41, 5.74) is 0.363. The fourth-order valence-electron chi connectivity index (χ4n) is 1.53. The molecule has 6 heteroatoms. The van der Waals surface area contributed by atoms with Gasteiger partial charge in [-0.05, 0) is 26.0 Å². The number of hydrogen-bond donors (Lipinski definition) is 2. The van der Waals surface area contributed by atoms with Crippen LogP contribution in [0.4, 0.5) is 5.82 Å². The van der Waals surface area contributed by atoms with Gasteiger partial charge in [-0.1, -0.05) is 6.07 Å². The molecule has 1 rings (SSSR count). The Bertz CT molecular complexity index is 437. The standard InChI is InChI=1S/C12H19N3O2S/c1-4-13-11-7-5-6-10(15-11)12(16)14-9(2)8-18(3)17/h5-7,9H,4,8H2,1-3H3,(H,13,15)(H,14,16). The molecule has 0 aliphatic heterocycles. The van der Waals surface area contributed by atoms with Gasteiger partial charge >= 0.3 is 0 Å². The molecule has 1 aromatic heterocycles. The van der Waals surface area contributed by atoms with Gasteiger partial charge in [0.05, 0.1) is 0 Å². The summed E-state index contributed by atoms with van der Waals surface area (Å²) < 4.78 is 11.0. The van der Waals surface area contributed by atoms with E-state index in [0.717, 1.165) is 6.54 Å². The number of nitrogens with one attached hydrogen (secondary N) is 2. The molecular formula is C12H19N3O2S. The summed E-state index contributed by atoms with van der Waals surface area (Å²) in [6.45, 7) is 4.55. The van der Waals surface area contributed by atoms with Crippen LogP contribution < -0.4 is 10.6 Å². The van der Waals surface area contributed by atoms with Crippen LogP contribution in [0.15, 0.2) is 18.2 Å². The minimum Gasteiger partial charge on any atom is -0.370 e. The van der Waals surface area contributed by atoms with Crippen molar-refractivity contribution in [3.63, 3.8) is 0 Å². The Labute approximate surface area is 110 Å². The lowest BCUT2D eigenvalue weighted by molar-refractivity contribution is 0.0939. The second-order valence-corrected chi connectivity index (χ2v) is 5.53. The van der Waals surface area contributed by atoms with Gasteiger partial charge in [-0.2, -0.15) is 0 Å². The summed E-state index contributed by atoms with van der Waals surface area (Å²) in [6, 6.07) is 5.12. The Morgan fingerprint density at radius 2 is 2.22 bits per heavy atom. The van der Waals surface area contributed by atoms with E-state index in [9.17, 15) is 9.00 Å². The predicted octanol–water partition coefficient (Wildman–Crippen LogP) is 1.01. The zero-order chi connectivity index (χ0) is 13.5. The van der Waals surface area contributed by atoms with Gasteiger partial charge in [0, 0.05) is 35.4 Å². The van der Waals surface area contributed by atoms with E-state index in [4.69, 9.17) is 0 Å². The summed E-state index contributed by atoms with van der Waals surface area (Å²) in [5.74, 6) is 0.878. The van der Waals surface area contributed by atoms with E-state index in [0.29, 0.717) is 17.3 Å². The lowest BCUT2D eigenvalue weighted by Gasteiger charge is -2.12. The maximum atomic E-state index is 11.9. The number of aromatic nitrogens is 1. The smallest absolute Gasteiger partial charge is 0.270 e. The van der Waals surface area contributed by atoms with Gasteiger partial charge in [0.15, 0.2) is 0 Å². The highest BCUT2D eigenvalue weighted by atomic mass is 32.2. The number of nitrogens with zero attached hydrogens (tertiary/aromatic N) is 1. The number of hydrogen-bond acceptors (Lipinski definition) is 4. The molecule has 1 heterocycles. The van der Waals surface area contributed by atoms with Crippen LogP contribution in [0.25, 0.3) is 0 Å². The Morgan fingerprint density at radius 3 is 2.83 bits per heavy atom. The quantitative estimate of drug-likeness (QED) is 0.808. The van der Waals surface area contributed by atoms with Crippen LogP contribution in [0, 0.1) is 0 Å². The Kier molecular flexibility index (Phi) is 5.77. The van der Waals surface area contributed by atoms with E-state index in [-0.39, 0.29) is 11.9 Å². The maximum Gasteiger partial charge on any atom is 0.270 e. The number of amides is 1. The predicted molar refractivity (Wildman–Crippen MR) is 74.3 cm³/mol. The molecule has 1 amide bonds. The molecule has 0 saturated carbocycles. The Morgan fingerprint density at radius 1 is 1.50 bits per heavy atom. The fraction of sp³-hybridized carbons (Fsp3) is 0.500. The van der Waals surface area contributed by atoms with Crippen LogP contribution in [-0.4, -0.2) is 39.7 Å². The molecule has 0 radical (unpaired) electrons. The largest absolute Gasteiger partial charge is 0.370 e. The summed E-state index contributed by atoms with van der Waals surface area (Å²) >= 11 is 0. The molecule has 100 valence electrons. The van der Waals surface area contributed by atoms with Crippen LogP contribution in [0.2, 0.25) is 0 Å². The van der Waals surface area contributed by atoms with Crippen molar-refractivity contribution >= 4 is 22.5 Å². The molecule has 2 atom stereocenters. The molecule has 5 nitrogen and oxygen atoms in total. The molecule has 0 saturated heterocycles. The first kappa shape index (κ1) is 14.6. The zero-order valence-electron chi connectivity index (χ0n) is 10.9. The second kappa shape index (κ2) is 7.10. The number of carbonyl (C=O) groups is 1. The lowest BCUT2D eigenvalue weighted by atomic mass is 10.3. The van der Waals surface area contributed by atoms with Crippen LogP contribution in [0.3, 0.4) is 0 Å². The summed E-state index contributed by atoms with van der Waals surface area (Å²) in [7, 11) is -0.923. The van der Waals surface area contributed by atoms with Gasteiger partial charge in [-0.25, -0.2) is 4.98 Å². The summed E-state index contributed by atoms with van der Waals surface area (Å²) in [4.78, 5) is 16.1. The van der Waals surface area contributed by atoms with E-state index in [2.05, 4.69) is 15.6 Å². The highest BCUT2D eigenvalue weighted by Crippen LogP contribution is 2.04. The van der Waals surface area contributed by atoms with Gasteiger partial charge in [0.25, 0.3) is 5.91 Å². The van der Waals surface area contributed by atoms with Crippen LogP contribution >= 0.6 is 0 Å². The molecule has 0 aromatic carbocycles. The lowest BCUT2D eigenvalue weighted by Crippen LogP contribution is -2.36. The molecule has 1 aromatic rings. The van der Waals surface area contributed by atoms with Crippen LogP contribution in [0.1, 0.15) is 24.3 Å². The van der Waals surface area contributed by atoms with E-state index in [1.165, 1.54) is 0 Å². The maximum absolute atomic E-state index is 11.9. The molecule has 0 aliphatic carbocycles. The molecular weight excluding hydrogens is 250 g/mol. The monoisotopic (exact) mass is 269 g/mol. The van der Waals surface area contributed by atoms with Gasteiger partial charge in [0.2, 0.25) is 0 Å². The molecule has 2 N–H and O–H groups in total. The first-order valence-corrected chi connectivity index (χ1v) is 7.57. The molecule has 18 heavy (non-hydrogen) atoms. The van der Waals surface area contributed by atoms with Gasteiger partial charge in [-0.3, -0.25) is 9.00 Å². The topological polar surface area (TPSA) is 71.1 Å². The molecule has 0 bridgehead atoms. The third-order valence-electron chi connectivity index (χ3n) is 2.20. The van der Waals surface area contributed by atoms with E-state index in [1.54, 1.807) is 18.4 Å². The van der Waals surface area contributed by atoms with Crippen LogP contribution in [-0.2, 0) is 10.8 Å². The third-order valence-corrected chi connectivity index (χ3v) is 3.17. The van der Waals surface area contributed by atoms with Crippen molar-refractivity contribution in [2.75, 3.05) is 23.9 Å². The van der Waals surface area contributed by atoms with Crippen LogP contribution in [0.5, 0.6) is 0 Å². The van der Waals surface area contributed by atoms with Crippen molar-refractivity contribution in [3.05, 3.63) is 23.9 Å². The summed E-state index contributed by atoms with van der Waals surface area (Å²) in [5, 5.41) is 5.82. The Balaban J connectivity index is 2.66. The second-order valence-electron chi connectivity index (χ2n) is 4.05. The molecule has 0 spiro atoms. The average Bonchev–Trinajstić information content (AvgIpc) is 2.28. The van der Waals surface area contributed by atoms with Crippen molar-refractivity contribution < 1.29 is 9.00 Å². The minimum absolute atomic E-state index is 0.132. The van der Waals surface area contributed by atoms with Crippen molar-refractivity contribution in [3.8, 4) is 0 Å². The van der Waals surface area contributed by atoms with E-state index >= 15 is 0 Å². The normalized spacial score (nSPS) is 13.7. The van der Waals surface area contributed by atoms with Crippen molar-refractivity contribution in [1.29, 1.82) is 0 Å². The number of pyridine rings is 1. The van der Waals surface area contributed by atoms with Crippen molar-refractivity contribution in [2.24, 2.45) is 0 Å². The van der Waals surface area contributed by atoms with Gasteiger partial charge in [-0.15, -0.1) is 0 Å². The first-order valence-electron chi connectivity index (χ1n) is 5.84. The van der Waals surface area contributed by atoms with E-state index in [1.807, 2.05) is 19.9 Å². The molecule has 0 fully saturated rings. The Hall–Kier alpha value is -1.43. The zero-order valence-corrected chi connectivity index (χ0v) is 11.7. The van der Waals surface area contributed by atoms with Gasteiger partial charge in [0.1, 0.15) is 11.5 Å². The van der Waals surface area contributed by atoms with E-state index < -0.39 is 10.8 Å². The first-order chi connectivity index (χ1) is 8.52. The summed E-state index contributed by atoms with van der Waals surface area (Å²) in [6.07, 6.45) is 1.62. The van der Waals surface area contributed by atoms with Crippen molar-refractivity contribution in [2.45, 2.75) is 19.9 Å². The third kappa shape index (κ3) is 4.83. The van der Waals surface area contributed by atoms with Crippen molar-refractivity contribution in [1.82, 2.24) is 10.3 Å². The number of carbonyl (C=O) groups excluding carboxylic acids is 1. The van der Waals surface area contributed by atoms with Gasteiger partial charge < -0.3 is 10.6 Å². The number of anilines is 1. The molecule has 2 unspecified atom stereocenters. The minimum atomic E-state index is -0.923. The highest BCUT2D eigenvalue weighted by molar-refractivity contribution is 7.84.